The lowest BCUT2D eigenvalue weighted by molar-refractivity contribution is -0.0328. The number of thioether (sulfide) groups is 1. The summed E-state index contributed by atoms with van der Waals surface area (Å²) in [7, 11) is -3.23. The number of rotatable bonds is 5. The highest BCUT2D eigenvalue weighted by atomic mass is 32.2. The molecule has 0 heterocycles. The van der Waals surface area contributed by atoms with Gasteiger partial charge in [0.05, 0.1) is 0 Å². The highest BCUT2D eigenvalue weighted by molar-refractivity contribution is 8.00. The summed E-state index contributed by atoms with van der Waals surface area (Å²) >= 11 is -0.194. The Bertz CT molecular complexity index is 743. The van der Waals surface area contributed by atoms with Gasteiger partial charge in [0.25, 0.3) is 0 Å². The Morgan fingerprint density at radius 1 is 1.04 bits per heavy atom. The zero-order valence-corrected chi connectivity index (χ0v) is 15.1. The average Bonchev–Trinajstić information content (AvgIpc) is 2.43. The third-order valence-corrected chi connectivity index (χ3v) is 5.03. The lowest BCUT2D eigenvalue weighted by atomic mass is 10.1. The van der Waals surface area contributed by atoms with Crippen molar-refractivity contribution in [3.8, 4) is 5.75 Å². The first-order chi connectivity index (χ1) is 11.1. The Morgan fingerprint density at radius 2 is 1.58 bits per heavy atom. The molecule has 0 amide bonds. The Morgan fingerprint density at radius 3 is 2.08 bits per heavy atom. The molecule has 0 aliphatic rings. The molecule has 0 saturated carbocycles. The standard InChI is InChI=1S/C16H17F3NO2PS/c1-11-5-4-6-12(2)15(11)22-23(3,21)20-13-7-9-14(10-8-13)24-16(17,18)19/h4-10H,1-3H3,(H,20,21)/t23-/m0/s1. The summed E-state index contributed by atoms with van der Waals surface area (Å²) in [6.07, 6.45) is 0. The quantitative estimate of drug-likeness (QED) is 0.497. The molecule has 0 aliphatic heterocycles. The molecule has 0 aliphatic carbocycles. The fourth-order valence-corrected chi connectivity index (χ4v) is 3.95. The zero-order chi connectivity index (χ0) is 18.0. The summed E-state index contributed by atoms with van der Waals surface area (Å²) in [6.45, 7) is 5.13. The van der Waals surface area contributed by atoms with Crippen LogP contribution in [0.5, 0.6) is 5.75 Å². The van der Waals surface area contributed by atoms with E-state index in [1.54, 1.807) is 0 Å². The largest absolute Gasteiger partial charge is 0.446 e. The molecule has 0 radical (unpaired) electrons. The van der Waals surface area contributed by atoms with Crippen molar-refractivity contribution in [1.29, 1.82) is 0 Å². The van der Waals surface area contributed by atoms with Crippen molar-refractivity contribution in [2.24, 2.45) is 0 Å². The first-order valence-electron chi connectivity index (χ1n) is 7.03. The van der Waals surface area contributed by atoms with Crippen molar-refractivity contribution >= 4 is 25.0 Å². The second-order valence-corrected chi connectivity index (χ2v) is 8.58. The van der Waals surface area contributed by atoms with Crippen LogP contribution in [0.15, 0.2) is 47.4 Å². The van der Waals surface area contributed by atoms with Gasteiger partial charge in [-0.25, -0.2) is 0 Å². The number of alkyl halides is 3. The number of nitrogens with one attached hydrogen (secondary N) is 1. The summed E-state index contributed by atoms with van der Waals surface area (Å²) < 4.78 is 55.2. The Kier molecular flexibility index (Phi) is 5.56. The highest BCUT2D eigenvalue weighted by Crippen LogP contribution is 2.45. The molecule has 2 aromatic carbocycles. The van der Waals surface area contributed by atoms with E-state index in [1.165, 1.54) is 30.9 Å². The lowest BCUT2D eigenvalue weighted by Crippen LogP contribution is -2.04. The SMILES string of the molecule is Cc1cccc(C)c1O[P@](C)(=O)Nc1ccc(SC(F)(F)F)cc1. The molecule has 1 atom stereocenters. The maximum Gasteiger partial charge on any atom is 0.446 e. The van der Waals surface area contributed by atoms with E-state index >= 15 is 0 Å². The average molecular weight is 375 g/mol. The van der Waals surface area contributed by atoms with Crippen molar-refractivity contribution < 1.29 is 22.3 Å². The number of halogens is 3. The van der Waals surface area contributed by atoms with Gasteiger partial charge in [0.2, 0.25) is 0 Å². The summed E-state index contributed by atoms with van der Waals surface area (Å²) in [5.41, 5.74) is -2.19. The Hall–Kier alpha value is -1.59. The summed E-state index contributed by atoms with van der Waals surface area (Å²) in [5, 5.41) is 2.75. The number of hydrogen-bond donors (Lipinski definition) is 1. The topological polar surface area (TPSA) is 38.3 Å². The molecule has 0 fully saturated rings. The second-order valence-electron chi connectivity index (χ2n) is 5.34. The van der Waals surface area contributed by atoms with Gasteiger partial charge in [-0.2, -0.15) is 13.2 Å². The van der Waals surface area contributed by atoms with Crippen LogP contribution in [0.1, 0.15) is 11.1 Å². The molecule has 2 aromatic rings. The van der Waals surface area contributed by atoms with E-state index in [0.717, 1.165) is 11.1 Å². The molecule has 0 spiro atoms. The molecule has 0 bridgehead atoms. The van der Waals surface area contributed by atoms with E-state index in [0.29, 0.717) is 11.4 Å². The number of hydrogen-bond acceptors (Lipinski definition) is 3. The van der Waals surface area contributed by atoms with Crippen molar-refractivity contribution in [3.63, 3.8) is 0 Å². The van der Waals surface area contributed by atoms with Gasteiger partial charge >= 0.3 is 13.0 Å². The van der Waals surface area contributed by atoms with E-state index in [1.807, 2.05) is 32.0 Å². The number of anilines is 1. The van der Waals surface area contributed by atoms with Crippen molar-refractivity contribution in [3.05, 3.63) is 53.6 Å². The van der Waals surface area contributed by atoms with Gasteiger partial charge < -0.3 is 9.61 Å². The maximum atomic E-state index is 12.7. The van der Waals surface area contributed by atoms with E-state index < -0.39 is 13.0 Å². The first kappa shape index (κ1) is 18.7. The van der Waals surface area contributed by atoms with Crippen LogP contribution in [0.3, 0.4) is 0 Å². The molecule has 0 unspecified atom stereocenters. The summed E-state index contributed by atoms with van der Waals surface area (Å²) in [6, 6.07) is 11.1. The second kappa shape index (κ2) is 7.11. The van der Waals surface area contributed by atoms with Crippen LogP contribution in [0.2, 0.25) is 0 Å². The number of para-hydroxylation sites is 1. The fraction of sp³-hybridized carbons (Fsp3) is 0.250. The van der Waals surface area contributed by atoms with Crippen LogP contribution in [-0.4, -0.2) is 12.2 Å². The van der Waals surface area contributed by atoms with Gasteiger partial charge in [0.1, 0.15) is 5.75 Å². The van der Waals surface area contributed by atoms with Gasteiger partial charge in [-0.05, 0) is 61.0 Å². The molecular weight excluding hydrogens is 358 g/mol. The predicted molar refractivity (Wildman–Crippen MR) is 92.1 cm³/mol. The van der Waals surface area contributed by atoms with Crippen LogP contribution >= 0.6 is 19.3 Å². The minimum atomic E-state index is -4.33. The molecule has 2 rings (SSSR count). The number of benzene rings is 2. The monoisotopic (exact) mass is 375 g/mol. The Balaban J connectivity index is 2.10. The van der Waals surface area contributed by atoms with Gasteiger partial charge in [-0.15, -0.1) is 0 Å². The van der Waals surface area contributed by atoms with Gasteiger partial charge in [0, 0.05) is 17.2 Å². The van der Waals surface area contributed by atoms with Crippen LogP contribution in [0.25, 0.3) is 0 Å². The van der Waals surface area contributed by atoms with Crippen LogP contribution in [0, 0.1) is 13.8 Å². The molecule has 130 valence electrons. The molecule has 3 nitrogen and oxygen atoms in total. The van der Waals surface area contributed by atoms with Gasteiger partial charge in [0.15, 0.2) is 0 Å². The Labute approximate surface area is 143 Å². The fourth-order valence-electron chi connectivity index (χ4n) is 2.11. The first-order valence-corrected chi connectivity index (χ1v) is 9.92. The number of aryl methyl sites for hydroxylation is 2. The molecular formula is C16H17F3NO2PS. The van der Waals surface area contributed by atoms with Crippen molar-refractivity contribution in [1.82, 2.24) is 0 Å². The summed E-state index contributed by atoms with van der Waals surface area (Å²) in [5.74, 6) is 0.542. The van der Waals surface area contributed by atoms with Crippen molar-refractivity contribution in [2.75, 3.05) is 11.8 Å². The van der Waals surface area contributed by atoms with E-state index in [4.69, 9.17) is 4.52 Å². The molecule has 0 aromatic heterocycles. The zero-order valence-electron chi connectivity index (χ0n) is 13.3. The highest BCUT2D eigenvalue weighted by Gasteiger charge is 2.29. The van der Waals surface area contributed by atoms with E-state index in [-0.39, 0.29) is 16.7 Å². The minimum absolute atomic E-state index is 0.0645. The predicted octanol–water partition coefficient (Wildman–Crippen LogP) is 6.23. The minimum Gasteiger partial charge on any atom is -0.429 e. The van der Waals surface area contributed by atoms with Gasteiger partial charge in [-0.1, -0.05) is 18.2 Å². The maximum absolute atomic E-state index is 12.7. The van der Waals surface area contributed by atoms with Crippen LogP contribution < -0.4 is 9.61 Å². The molecule has 1 N–H and O–H groups in total. The molecule has 24 heavy (non-hydrogen) atoms. The van der Waals surface area contributed by atoms with Crippen LogP contribution in [-0.2, 0) is 4.57 Å². The van der Waals surface area contributed by atoms with Crippen LogP contribution in [0.4, 0.5) is 18.9 Å². The van der Waals surface area contributed by atoms with Crippen molar-refractivity contribution in [2.45, 2.75) is 24.3 Å². The third-order valence-electron chi connectivity index (χ3n) is 3.09. The third kappa shape index (κ3) is 5.49. The smallest absolute Gasteiger partial charge is 0.429 e. The molecule has 8 heteroatoms. The van der Waals surface area contributed by atoms with Gasteiger partial charge in [-0.3, -0.25) is 4.57 Å². The normalized spacial score (nSPS) is 14.1. The van der Waals surface area contributed by atoms with E-state index in [2.05, 4.69) is 5.09 Å². The lowest BCUT2D eigenvalue weighted by Gasteiger charge is -2.20. The van der Waals surface area contributed by atoms with E-state index in [9.17, 15) is 17.7 Å². The summed E-state index contributed by atoms with van der Waals surface area (Å²) in [4.78, 5) is 0.0645. The molecule has 0 saturated heterocycles.